The monoisotopic (exact) mass is 366 g/mol. The Balaban J connectivity index is 1.64. The van der Waals surface area contributed by atoms with E-state index in [1.807, 2.05) is 11.4 Å². The van der Waals surface area contributed by atoms with Gasteiger partial charge in [-0.2, -0.15) is 0 Å². The zero-order chi connectivity index (χ0) is 18.1. The molecule has 1 saturated heterocycles. The van der Waals surface area contributed by atoms with Gasteiger partial charge < -0.3 is 15.3 Å². The van der Waals surface area contributed by atoms with Crippen molar-refractivity contribution >= 4 is 29.1 Å². The van der Waals surface area contributed by atoms with E-state index < -0.39 is 5.97 Å². The number of amides is 2. The minimum atomic E-state index is -0.745. The molecule has 0 spiro atoms. The largest absolute Gasteiger partial charge is 0.481 e. The summed E-state index contributed by atoms with van der Waals surface area (Å²) in [6, 6.07) is 3.29. The maximum Gasteiger partial charge on any atom is 0.303 e. The fraction of sp³-hybridized carbons (Fsp3) is 0.611. The van der Waals surface area contributed by atoms with E-state index in [9.17, 15) is 14.4 Å². The predicted molar refractivity (Wildman–Crippen MR) is 96.7 cm³/mol. The van der Waals surface area contributed by atoms with Crippen LogP contribution in [0.1, 0.15) is 61.0 Å². The maximum absolute atomic E-state index is 12.5. The Morgan fingerprint density at radius 2 is 1.96 bits per heavy atom. The predicted octanol–water partition coefficient (Wildman–Crippen LogP) is 2.89. The number of nitrogens with zero attached hydrogens (tertiary/aromatic N) is 1. The average molecular weight is 366 g/mol. The molecule has 2 amide bonds. The van der Waals surface area contributed by atoms with Gasteiger partial charge in [-0.05, 0) is 37.1 Å². The molecule has 1 fully saturated rings. The molecular formula is C18H26N2O4S. The van der Waals surface area contributed by atoms with Gasteiger partial charge in [0.05, 0.1) is 4.88 Å². The number of nitrogens with one attached hydrogen (secondary N) is 1. The summed E-state index contributed by atoms with van der Waals surface area (Å²) in [4.78, 5) is 37.6. The minimum absolute atomic E-state index is 0.0499. The zero-order valence-corrected chi connectivity index (χ0v) is 15.2. The number of unbranched alkanes of at least 4 members (excludes halogenated alkanes) is 4. The third kappa shape index (κ3) is 6.16. The quantitative estimate of drug-likeness (QED) is 0.623. The lowest BCUT2D eigenvalue weighted by Crippen LogP contribution is -2.46. The molecule has 7 heteroatoms. The molecule has 0 bridgehead atoms. The summed E-state index contributed by atoms with van der Waals surface area (Å²) in [7, 11) is 0. The maximum atomic E-state index is 12.5. The Morgan fingerprint density at radius 1 is 1.20 bits per heavy atom. The molecule has 2 N–H and O–H groups in total. The molecule has 1 atom stereocenters. The smallest absolute Gasteiger partial charge is 0.303 e. The molecule has 138 valence electrons. The van der Waals surface area contributed by atoms with E-state index in [-0.39, 0.29) is 24.3 Å². The van der Waals surface area contributed by atoms with Gasteiger partial charge in [0.25, 0.3) is 5.91 Å². The number of aliphatic carboxylic acids is 1. The van der Waals surface area contributed by atoms with Crippen LogP contribution in [0.3, 0.4) is 0 Å². The summed E-state index contributed by atoms with van der Waals surface area (Å²) in [6.07, 6.45) is 6.27. The highest BCUT2D eigenvalue weighted by atomic mass is 32.1. The second-order valence-electron chi connectivity index (χ2n) is 6.34. The number of carbonyl (C=O) groups is 3. The number of carboxylic acid groups (broad SMARTS) is 1. The number of likely N-dealkylation sites (tertiary alicyclic amines) is 1. The molecular weight excluding hydrogens is 340 g/mol. The molecule has 6 nitrogen and oxygen atoms in total. The Kier molecular flexibility index (Phi) is 7.91. The van der Waals surface area contributed by atoms with Crippen LogP contribution in [-0.2, 0) is 9.59 Å². The van der Waals surface area contributed by atoms with Gasteiger partial charge in [0.1, 0.15) is 6.04 Å². The summed E-state index contributed by atoms with van der Waals surface area (Å²) >= 11 is 1.40. The summed E-state index contributed by atoms with van der Waals surface area (Å²) in [6.45, 7) is 1.24. The van der Waals surface area contributed by atoms with Crippen LogP contribution in [0.15, 0.2) is 17.5 Å². The van der Waals surface area contributed by atoms with Crippen LogP contribution in [0.2, 0.25) is 0 Å². The van der Waals surface area contributed by atoms with Gasteiger partial charge in [-0.1, -0.05) is 25.3 Å². The minimum Gasteiger partial charge on any atom is -0.481 e. The highest BCUT2D eigenvalue weighted by Crippen LogP contribution is 2.22. The van der Waals surface area contributed by atoms with Gasteiger partial charge in [-0.15, -0.1) is 11.3 Å². The standard InChI is InChI=1S/C18H26N2O4S/c21-16(22)10-4-2-1-3-5-11-19-17(23)14-8-6-12-20(14)18(24)15-9-7-13-25-15/h7,9,13-14H,1-6,8,10-12H2,(H,19,23)(H,21,22). The van der Waals surface area contributed by atoms with Crippen LogP contribution in [-0.4, -0.2) is 46.9 Å². The SMILES string of the molecule is O=C(O)CCCCCCCNC(=O)C1CCCN1C(=O)c1cccs1. The van der Waals surface area contributed by atoms with Crippen LogP contribution < -0.4 is 5.32 Å². The molecule has 1 unspecified atom stereocenters. The molecule has 1 aliphatic heterocycles. The van der Waals surface area contributed by atoms with Crippen molar-refractivity contribution in [3.63, 3.8) is 0 Å². The highest BCUT2D eigenvalue weighted by Gasteiger charge is 2.34. The first-order valence-corrected chi connectivity index (χ1v) is 9.81. The Hall–Kier alpha value is -1.89. The molecule has 1 aromatic rings. The molecule has 0 aromatic carbocycles. The molecule has 0 aliphatic carbocycles. The van der Waals surface area contributed by atoms with E-state index in [0.29, 0.717) is 24.4 Å². The fourth-order valence-electron chi connectivity index (χ4n) is 3.09. The van der Waals surface area contributed by atoms with Crippen molar-refractivity contribution in [1.29, 1.82) is 0 Å². The molecule has 1 aromatic heterocycles. The lowest BCUT2D eigenvalue weighted by atomic mass is 10.1. The highest BCUT2D eigenvalue weighted by molar-refractivity contribution is 7.12. The summed E-state index contributed by atoms with van der Waals surface area (Å²) in [5.74, 6) is -0.857. The Morgan fingerprint density at radius 3 is 2.68 bits per heavy atom. The number of hydrogen-bond donors (Lipinski definition) is 2. The average Bonchev–Trinajstić information content (AvgIpc) is 3.27. The molecule has 25 heavy (non-hydrogen) atoms. The summed E-state index contributed by atoms with van der Waals surface area (Å²) < 4.78 is 0. The van der Waals surface area contributed by atoms with Crippen molar-refractivity contribution < 1.29 is 19.5 Å². The number of rotatable bonds is 10. The van der Waals surface area contributed by atoms with Gasteiger partial charge in [-0.3, -0.25) is 14.4 Å². The third-order valence-corrected chi connectivity index (χ3v) is 5.27. The van der Waals surface area contributed by atoms with E-state index in [2.05, 4.69) is 5.32 Å². The summed E-state index contributed by atoms with van der Waals surface area (Å²) in [5, 5.41) is 13.4. The Labute approximate surface area is 152 Å². The topological polar surface area (TPSA) is 86.7 Å². The molecule has 0 radical (unpaired) electrons. The van der Waals surface area contributed by atoms with Crippen LogP contribution in [0.4, 0.5) is 0 Å². The van der Waals surface area contributed by atoms with E-state index in [1.54, 1.807) is 11.0 Å². The first-order valence-electron chi connectivity index (χ1n) is 8.93. The van der Waals surface area contributed by atoms with Crippen molar-refractivity contribution in [3.8, 4) is 0 Å². The van der Waals surface area contributed by atoms with Gasteiger partial charge in [0.15, 0.2) is 0 Å². The number of carboxylic acids is 1. The van der Waals surface area contributed by atoms with Gasteiger partial charge >= 0.3 is 5.97 Å². The van der Waals surface area contributed by atoms with Gasteiger partial charge in [0.2, 0.25) is 5.91 Å². The number of thiophene rings is 1. The second-order valence-corrected chi connectivity index (χ2v) is 7.28. The molecule has 0 saturated carbocycles. The first-order chi connectivity index (χ1) is 12.1. The first kappa shape index (κ1) is 19.4. The van der Waals surface area contributed by atoms with Gasteiger partial charge in [-0.25, -0.2) is 0 Å². The van der Waals surface area contributed by atoms with Crippen molar-refractivity contribution in [1.82, 2.24) is 10.2 Å². The third-order valence-electron chi connectivity index (χ3n) is 4.41. The lowest BCUT2D eigenvalue weighted by molar-refractivity contribution is -0.137. The van der Waals surface area contributed by atoms with Crippen LogP contribution >= 0.6 is 11.3 Å². The van der Waals surface area contributed by atoms with E-state index in [4.69, 9.17) is 5.11 Å². The fourth-order valence-corrected chi connectivity index (χ4v) is 3.76. The Bertz CT molecular complexity index is 574. The van der Waals surface area contributed by atoms with E-state index in [1.165, 1.54) is 11.3 Å². The van der Waals surface area contributed by atoms with Gasteiger partial charge in [0, 0.05) is 19.5 Å². The van der Waals surface area contributed by atoms with Crippen LogP contribution in [0.25, 0.3) is 0 Å². The lowest BCUT2D eigenvalue weighted by Gasteiger charge is -2.23. The van der Waals surface area contributed by atoms with Crippen LogP contribution in [0, 0.1) is 0 Å². The van der Waals surface area contributed by atoms with Crippen LogP contribution in [0.5, 0.6) is 0 Å². The number of hydrogen-bond acceptors (Lipinski definition) is 4. The zero-order valence-electron chi connectivity index (χ0n) is 14.4. The number of carbonyl (C=O) groups excluding carboxylic acids is 2. The molecule has 1 aliphatic rings. The van der Waals surface area contributed by atoms with E-state index >= 15 is 0 Å². The molecule has 2 rings (SSSR count). The second kappa shape index (κ2) is 10.2. The normalized spacial score (nSPS) is 16.8. The van der Waals surface area contributed by atoms with Crippen molar-refractivity contribution in [2.45, 2.75) is 57.4 Å². The molecule has 2 heterocycles. The van der Waals surface area contributed by atoms with Crippen molar-refractivity contribution in [3.05, 3.63) is 22.4 Å². The van der Waals surface area contributed by atoms with E-state index in [0.717, 1.165) is 38.5 Å². The van der Waals surface area contributed by atoms with Crippen molar-refractivity contribution in [2.24, 2.45) is 0 Å². The summed E-state index contributed by atoms with van der Waals surface area (Å²) in [5.41, 5.74) is 0. The van der Waals surface area contributed by atoms with Crippen molar-refractivity contribution in [2.75, 3.05) is 13.1 Å².